The molecule has 2 aromatic carbocycles. The Labute approximate surface area is 137 Å². The SMILES string of the molecule is Cc1cc(NCc2ccc(Cl)cc2)cc(C)c1C1NCCN1. The Balaban J connectivity index is 1.73. The van der Waals surface area contributed by atoms with Gasteiger partial charge in [0.2, 0.25) is 0 Å². The van der Waals surface area contributed by atoms with Crippen molar-refractivity contribution < 1.29 is 0 Å². The predicted molar refractivity (Wildman–Crippen MR) is 93.4 cm³/mol. The van der Waals surface area contributed by atoms with Gasteiger partial charge >= 0.3 is 0 Å². The molecule has 2 aromatic rings. The normalized spacial score (nSPS) is 15.2. The summed E-state index contributed by atoms with van der Waals surface area (Å²) in [5.74, 6) is 0. The van der Waals surface area contributed by atoms with E-state index in [2.05, 4.69) is 54.1 Å². The van der Waals surface area contributed by atoms with Crippen LogP contribution in [-0.4, -0.2) is 13.1 Å². The molecule has 0 atom stereocenters. The Morgan fingerprint density at radius 1 is 1.05 bits per heavy atom. The van der Waals surface area contributed by atoms with Crippen molar-refractivity contribution in [2.24, 2.45) is 0 Å². The summed E-state index contributed by atoms with van der Waals surface area (Å²) < 4.78 is 0. The minimum atomic E-state index is 0.283. The Morgan fingerprint density at radius 2 is 1.64 bits per heavy atom. The fourth-order valence-corrected chi connectivity index (χ4v) is 3.17. The molecule has 3 N–H and O–H groups in total. The lowest BCUT2D eigenvalue weighted by molar-refractivity contribution is 0.582. The van der Waals surface area contributed by atoms with Gasteiger partial charge in [0.25, 0.3) is 0 Å². The van der Waals surface area contributed by atoms with E-state index in [-0.39, 0.29) is 6.17 Å². The monoisotopic (exact) mass is 315 g/mol. The van der Waals surface area contributed by atoms with Gasteiger partial charge in [-0.15, -0.1) is 0 Å². The fourth-order valence-electron chi connectivity index (χ4n) is 3.05. The van der Waals surface area contributed by atoms with Crippen LogP contribution in [0.2, 0.25) is 5.02 Å². The molecule has 3 nitrogen and oxygen atoms in total. The highest BCUT2D eigenvalue weighted by Crippen LogP contribution is 2.26. The molecule has 0 bridgehead atoms. The molecule has 1 saturated heterocycles. The molecule has 3 rings (SSSR count). The Morgan fingerprint density at radius 3 is 2.23 bits per heavy atom. The van der Waals surface area contributed by atoms with E-state index in [1.807, 2.05) is 12.1 Å². The molecule has 0 aliphatic carbocycles. The molecule has 1 heterocycles. The summed E-state index contributed by atoms with van der Waals surface area (Å²) in [7, 11) is 0. The van der Waals surface area contributed by atoms with Crippen LogP contribution in [0.15, 0.2) is 36.4 Å². The van der Waals surface area contributed by atoms with Gasteiger partial charge < -0.3 is 5.32 Å². The van der Waals surface area contributed by atoms with Crippen molar-refractivity contribution in [1.82, 2.24) is 10.6 Å². The van der Waals surface area contributed by atoms with E-state index in [0.717, 1.165) is 30.3 Å². The molecule has 0 amide bonds. The van der Waals surface area contributed by atoms with Gasteiger partial charge in [0.05, 0.1) is 6.17 Å². The van der Waals surface area contributed by atoms with Gasteiger partial charge in [0.15, 0.2) is 0 Å². The summed E-state index contributed by atoms with van der Waals surface area (Å²) in [5, 5.41) is 11.3. The second-order valence-corrected chi connectivity index (χ2v) is 6.28. The van der Waals surface area contributed by atoms with Gasteiger partial charge in [0.1, 0.15) is 0 Å². The first kappa shape index (κ1) is 15.3. The number of anilines is 1. The highest BCUT2D eigenvalue weighted by atomic mass is 35.5. The lowest BCUT2D eigenvalue weighted by Crippen LogP contribution is -2.23. The van der Waals surface area contributed by atoms with Crippen LogP contribution in [0.1, 0.15) is 28.4 Å². The third-order valence-electron chi connectivity index (χ3n) is 4.11. The summed E-state index contributed by atoms with van der Waals surface area (Å²) in [4.78, 5) is 0. The van der Waals surface area contributed by atoms with Crippen molar-refractivity contribution in [2.45, 2.75) is 26.6 Å². The fraction of sp³-hybridized carbons (Fsp3) is 0.333. The average Bonchev–Trinajstić information content (AvgIpc) is 3.00. The van der Waals surface area contributed by atoms with Gasteiger partial charge in [-0.2, -0.15) is 0 Å². The van der Waals surface area contributed by atoms with E-state index in [9.17, 15) is 0 Å². The van der Waals surface area contributed by atoms with Crippen molar-refractivity contribution in [3.63, 3.8) is 0 Å². The van der Waals surface area contributed by atoms with Crippen LogP contribution in [0, 0.1) is 13.8 Å². The minimum Gasteiger partial charge on any atom is -0.381 e. The lowest BCUT2D eigenvalue weighted by atomic mass is 9.99. The zero-order valence-electron chi connectivity index (χ0n) is 13.0. The highest BCUT2D eigenvalue weighted by molar-refractivity contribution is 6.30. The molecule has 0 saturated carbocycles. The second kappa shape index (κ2) is 6.69. The van der Waals surface area contributed by atoms with E-state index in [1.165, 1.54) is 22.3 Å². The molecule has 1 fully saturated rings. The van der Waals surface area contributed by atoms with Crippen molar-refractivity contribution in [2.75, 3.05) is 18.4 Å². The van der Waals surface area contributed by atoms with Crippen molar-refractivity contribution in [3.8, 4) is 0 Å². The third kappa shape index (κ3) is 3.43. The first-order valence-electron chi connectivity index (χ1n) is 7.70. The summed E-state index contributed by atoms with van der Waals surface area (Å²) in [5.41, 5.74) is 6.38. The van der Waals surface area contributed by atoms with Crippen molar-refractivity contribution >= 4 is 17.3 Å². The molecular formula is C18H22ClN3. The van der Waals surface area contributed by atoms with E-state index in [0.29, 0.717) is 0 Å². The average molecular weight is 316 g/mol. The third-order valence-corrected chi connectivity index (χ3v) is 4.37. The first-order chi connectivity index (χ1) is 10.6. The van der Waals surface area contributed by atoms with Gasteiger partial charge in [-0.3, -0.25) is 10.6 Å². The van der Waals surface area contributed by atoms with Crippen LogP contribution in [-0.2, 0) is 6.54 Å². The number of nitrogens with one attached hydrogen (secondary N) is 3. The molecule has 116 valence electrons. The van der Waals surface area contributed by atoms with E-state index < -0.39 is 0 Å². The van der Waals surface area contributed by atoms with Crippen LogP contribution < -0.4 is 16.0 Å². The summed E-state index contributed by atoms with van der Waals surface area (Å²) >= 11 is 5.92. The zero-order chi connectivity index (χ0) is 15.5. The van der Waals surface area contributed by atoms with Gasteiger partial charge in [-0.1, -0.05) is 23.7 Å². The van der Waals surface area contributed by atoms with Crippen LogP contribution in [0.4, 0.5) is 5.69 Å². The number of halogens is 1. The second-order valence-electron chi connectivity index (χ2n) is 5.84. The molecular weight excluding hydrogens is 294 g/mol. The maximum absolute atomic E-state index is 5.92. The Kier molecular flexibility index (Phi) is 4.67. The molecule has 1 aliphatic rings. The van der Waals surface area contributed by atoms with Crippen molar-refractivity contribution in [3.05, 3.63) is 63.7 Å². The van der Waals surface area contributed by atoms with E-state index in [4.69, 9.17) is 11.6 Å². The van der Waals surface area contributed by atoms with E-state index in [1.54, 1.807) is 0 Å². The predicted octanol–water partition coefficient (Wildman–Crippen LogP) is 3.76. The molecule has 4 heteroatoms. The van der Waals surface area contributed by atoms with Crippen molar-refractivity contribution in [1.29, 1.82) is 0 Å². The van der Waals surface area contributed by atoms with E-state index >= 15 is 0 Å². The van der Waals surface area contributed by atoms with Crippen LogP contribution in [0.5, 0.6) is 0 Å². The smallest absolute Gasteiger partial charge is 0.0841 e. The number of hydrogen-bond donors (Lipinski definition) is 3. The Bertz CT molecular complexity index is 623. The van der Waals surface area contributed by atoms with Gasteiger partial charge in [0, 0.05) is 30.3 Å². The molecule has 0 unspecified atom stereocenters. The standard InChI is InChI=1S/C18H22ClN3/c1-12-9-16(22-11-14-3-5-15(19)6-4-14)10-13(2)17(12)18-20-7-8-21-18/h3-6,9-10,18,20-22H,7-8,11H2,1-2H3. The number of benzene rings is 2. The van der Waals surface area contributed by atoms with Crippen LogP contribution in [0.3, 0.4) is 0 Å². The number of rotatable bonds is 4. The number of aryl methyl sites for hydroxylation is 2. The summed E-state index contributed by atoms with van der Waals surface area (Å²) in [6.07, 6.45) is 0.283. The van der Waals surface area contributed by atoms with Crippen LogP contribution >= 0.6 is 11.6 Å². The molecule has 0 radical (unpaired) electrons. The quantitative estimate of drug-likeness (QED) is 0.804. The number of hydrogen-bond acceptors (Lipinski definition) is 3. The minimum absolute atomic E-state index is 0.283. The topological polar surface area (TPSA) is 36.1 Å². The first-order valence-corrected chi connectivity index (χ1v) is 8.07. The molecule has 1 aliphatic heterocycles. The maximum Gasteiger partial charge on any atom is 0.0841 e. The lowest BCUT2D eigenvalue weighted by Gasteiger charge is -2.19. The summed E-state index contributed by atoms with van der Waals surface area (Å²) in [6, 6.07) is 12.4. The molecule has 22 heavy (non-hydrogen) atoms. The molecule has 0 aromatic heterocycles. The van der Waals surface area contributed by atoms with Gasteiger partial charge in [-0.05, 0) is 60.4 Å². The molecule has 0 spiro atoms. The van der Waals surface area contributed by atoms with Crippen LogP contribution in [0.25, 0.3) is 0 Å². The van der Waals surface area contributed by atoms with Gasteiger partial charge in [-0.25, -0.2) is 0 Å². The highest BCUT2D eigenvalue weighted by Gasteiger charge is 2.19. The summed E-state index contributed by atoms with van der Waals surface area (Å²) in [6.45, 7) is 7.21. The Hall–Kier alpha value is -1.55. The largest absolute Gasteiger partial charge is 0.381 e. The maximum atomic E-state index is 5.92. The zero-order valence-corrected chi connectivity index (χ0v) is 13.8.